The van der Waals surface area contributed by atoms with Crippen molar-refractivity contribution in [2.45, 2.75) is 18.9 Å². The highest BCUT2D eigenvalue weighted by molar-refractivity contribution is 14.0. The molecular formula is C22H27FIN5. The van der Waals surface area contributed by atoms with Gasteiger partial charge in [0, 0.05) is 55.5 Å². The van der Waals surface area contributed by atoms with Gasteiger partial charge in [-0.2, -0.15) is 0 Å². The van der Waals surface area contributed by atoms with E-state index in [0.717, 1.165) is 49.3 Å². The second-order valence-corrected chi connectivity index (χ2v) is 7.16. The molecule has 0 saturated carbocycles. The molecule has 3 aromatic rings. The van der Waals surface area contributed by atoms with E-state index in [9.17, 15) is 4.39 Å². The number of para-hydroxylation sites is 1. The van der Waals surface area contributed by atoms with Gasteiger partial charge in [-0.1, -0.05) is 18.2 Å². The van der Waals surface area contributed by atoms with E-state index in [0.29, 0.717) is 6.04 Å². The summed E-state index contributed by atoms with van der Waals surface area (Å²) in [5, 5.41) is 8.00. The Balaban J connectivity index is 0.00000240. The highest BCUT2D eigenvalue weighted by atomic mass is 127. The number of rotatable bonds is 5. The van der Waals surface area contributed by atoms with Gasteiger partial charge in [-0.25, -0.2) is 4.39 Å². The highest BCUT2D eigenvalue weighted by Gasteiger charge is 2.23. The summed E-state index contributed by atoms with van der Waals surface area (Å²) in [6, 6.07) is 15.8. The molecular weight excluding hydrogens is 480 g/mol. The Morgan fingerprint density at radius 1 is 1.24 bits per heavy atom. The Bertz CT molecular complexity index is 956. The maximum Gasteiger partial charge on any atom is 0.191 e. The molecule has 0 bridgehead atoms. The van der Waals surface area contributed by atoms with Crippen LogP contribution in [-0.2, 0) is 6.42 Å². The zero-order valence-corrected chi connectivity index (χ0v) is 18.8. The molecule has 1 saturated heterocycles. The van der Waals surface area contributed by atoms with Crippen molar-refractivity contribution >= 4 is 46.5 Å². The summed E-state index contributed by atoms with van der Waals surface area (Å²) in [6.07, 6.45) is 3.88. The first-order chi connectivity index (χ1) is 13.7. The second-order valence-electron chi connectivity index (χ2n) is 7.16. The minimum absolute atomic E-state index is 0. The smallest absolute Gasteiger partial charge is 0.191 e. The Morgan fingerprint density at radius 3 is 2.86 bits per heavy atom. The third kappa shape index (κ3) is 5.20. The number of H-pyrrole nitrogens is 1. The van der Waals surface area contributed by atoms with Crippen LogP contribution < -0.4 is 15.5 Å². The molecule has 29 heavy (non-hydrogen) atoms. The number of nitrogens with one attached hydrogen (secondary N) is 3. The molecule has 1 fully saturated rings. The summed E-state index contributed by atoms with van der Waals surface area (Å²) < 4.78 is 13.3. The molecule has 154 valence electrons. The van der Waals surface area contributed by atoms with Crippen LogP contribution in [0.15, 0.2) is 59.7 Å². The minimum atomic E-state index is -0.218. The van der Waals surface area contributed by atoms with Gasteiger partial charge in [0.25, 0.3) is 0 Å². The number of halogens is 2. The fraction of sp³-hybridized carbons (Fsp3) is 0.318. The summed E-state index contributed by atoms with van der Waals surface area (Å²) in [5.41, 5.74) is 3.28. The summed E-state index contributed by atoms with van der Waals surface area (Å²) >= 11 is 0. The van der Waals surface area contributed by atoms with Crippen molar-refractivity contribution in [2.75, 3.05) is 31.6 Å². The number of aromatic nitrogens is 1. The number of hydrogen-bond acceptors (Lipinski definition) is 2. The number of benzene rings is 2. The minimum Gasteiger partial charge on any atom is -0.369 e. The summed E-state index contributed by atoms with van der Waals surface area (Å²) in [7, 11) is 1.80. The lowest BCUT2D eigenvalue weighted by Gasteiger charge is -2.20. The van der Waals surface area contributed by atoms with Crippen molar-refractivity contribution in [3.63, 3.8) is 0 Å². The maximum absolute atomic E-state index is 13.3. The van der Waals surface area contributed by atoms with Crippen LogP contribution in [0.2, 0.25) is 0 Å². The SMILES string of the molecule is CN=C(NCCc1c[nH]c2cc(F)ccc12)NC1CCN(c2ccccc2)C1.I. The van der Waals surface area contributed by atoms with Gasteiger partial charge in [0.15, 0.2) is 5.96 Å². The lowest BCUT2D eigenvalue weighted by Crippen LogP contribution is -2.45. The molecule has 2 aromatic carbocycles. The topological polar surface area (TPSA) is 55.5 Å². The molecule has 7 heteroatoms. The van der Waals surface area contributed by atoms with Crippen LogP contribution in [0.5, 0.6) is 0 Å². The zero-order valence-electron chi connectivity index (χ0n) is 16.5. The molecule has 0 spiro atoms. The van der Waals surface area contributed by atoms with Gasteiger partial charge in [-0.3, -0.25) is 4.99 Å². The van der Waals surface area contributed by atoms with Crippen molar-refractivity contribution in [1.82, 2.24) is 15.6 Å². The molecule has 0 amide bonds. The predicted molar refractivity (Wildman–Crippen MR) is 129 cm³/mol. The first-order valence-corrected chi connectivity index (χ1v) is 9.75. The van der Waals surface area contributed by atoms with Crippen LogP contribution in [0.4, 0.5) is 10.1 Å². The molecule has 1 aliphatic heterocycles. The van der Waals surface area contributed by atoms with Crippen LogP contribution in [0.25, 0.3) is 10.9 Å². The van der Waals surface area contributed by atoms with Crippen LogP contribution >= 0.6 is 24.0 Å². The first kappa shape index (κ1) is 21.4. The van der Waals surface area contributed by atoms with Crippen LogP contribution in [-0.4, -0.2) is 43.7 Å². The maximum atomic E-state index is 13.3. The third-order valence-corrected chi connectivity index (χ3v) is 5.29. The van der Waals surface area contributed by atoms with Crippen molar-refractivity contribution in [1.29, 1.82) is 0 Å². The third-order valence-electron chi connectivity index (χ3n) is 5.29. The number of fused-ring (bicyclic) bond motifs is 1. The van der Waals surface area contributed by atoms with Gasteiger partial charge in [0.2, 0.25) is 0 Å². The monoisotopic (exact) mass is 507 g/mol. The molecule has 4 rings (SSSR count). The van der Waals surface area contributed by atoms with E-state index >= 15 is 0 Å². The Morgan fingerprint density at radius 2 is 2.07 bits per heavy atom. The molecule has 2 heterocycles. The second kappa shape index (κ2) is 9.96. The number of anilines is 1. The number of hydrogen-bond donors (Lipinski definition) is 3. The molecule has 1 aliphatic rings. The average molecular weight is 507 g/mol. The van der Waals surface area contributed by atoms with Gasteiger partial charge in [-0.05, 0) is 48.7 Å². The summed E-state index contributed by atoms with van der Waals surface area (Å²) in [5.74, 6) is 0.607. The number of guanidine groups is 1. The predicted octanol–water partition coefficient (Wildman–Crippen LogP) is 3.91. The van der Waals surface area contributed by atoms with Gasteiger partial charge in [0.1, 0.15) is 5.82 Å². The molecule has 5 nitrogen and oxygen atoms in total. The molecule has 3 N–H and O–H groups in total. The Labute approximate surface area is 187 Å². The number of aromatic amines is 1. The molecule has 1 aromatic heterocycles. The van der Waals surface area contributed by atoms with Gasteiger partial charge in [0.05, 0.1) is 0 Å². The van der Waals surface area contributed by atoms with Gasteiger partial charge < -0.3 is 20.5 Å². The lowest BCUT2D eigenvalue weighted by atomic mass is 10.1. The van der Waals surface area contributed by atoms with E-state index < -0.39 is 0 Å². The Kier molecular flexibility index (Phi) is 7.35. The molecule has 0 aliphatic carbocycles. The first-order valence-electron chi connectivity index (χ1n) is 9.75. The van der Waals surface area contributed by atoms with Crippen LogP contribution in [0.1, 0.15) is 12.0 Å². The van der Waals surface area contributed by atoms with Gasteiger partial charge >= 0.3 is 0 Å². The Hall–Kier alpha value is -2.29. The van der Waals surface area contributed by atoms with E-state index in [2.05, 4.69) is 49.8 Å². The van der Waals surface area contributed by atoms with Crippen molar-refractivity contribution in [2.24, 2.45) is 4.99 Å². The van der Waals surface area contributed by atoms with Crippen molar-refractivity contribution in [3.05, 3.63) is 66.1 Å². The molecule has 0 radical (unpaired) electrons. The van der Waals surface area contributed by atoms with Crippen LogP contribution in [0, 0.1) is 5.82 Å². The molecule has 1 atom stereocenters. The quantitative estimate of drug-likeness (QED) is 0.279. The van der Waals surface area contributed by atoms with Crippen molar-refractivity contribution in [3.8, 4) is 0 Å². The number of nitrogens with zero attached hydrogens (tertiary/aromatic N) is 2. The number of aliphatic imine (C=N–C) groups is 1. The fourth-order valence-electron chi connectivity index (χ4n) is 3.82. The largest absolute Gasteiger partial charge is 0.369 e. The van der Waals surface area contributed by atoms with Crippen LogP contribution in [0.3, 0.4) is 0 Å². The molecule has 1 unspecified atom stereocenters. The highest BCUT2D eigenvalue weighted by Crippen LogP contribution is 2.20. The van der Waals surface area contributed by atoms with Crippen molar-refractivity contribution < 1.29 is 4.39 Å². The fourth-order valence-corrected chi connectivity index (χ4v) is 3.82. The normalized spacial score (nSPS) is 16.7. The average Bonchev–Trinajstić information content (AvgIpc) is 3.35. The summed E-state index contributed by atoms with van der Waals surface area (Å²) in [6.45, 7) is 2.78. The van der Waals surface area contributed by atoms with E-state index in [-0.39, 0.29) is 29.8 Å². The van der Waals surface area contributed by atoms with E-state index in [1.165, 1.54) is 23.4 Å². The standard InChI is InChI=1S/C22H26FN5.HI/c1-24-22(27-18-10-12-28(15-18)19-5-3-2-4-6-19)25-11-9-16-14-26-21-13-17(23)7-8-20(16)21;/h2-8,13-14,18,26H,9-12,15H2,1H3,(H2,24,25,27);1H. The van der Waals surface area contributed by atoms with E-state index in [1.807, 2.05) is 18.3 Å². The van der Waals surface area contributed by atoms with E-state index in [4.69, 9.17) is 0 Å². The van der Waals surface area contributed by atoms with E-state index in [1.54, 1.807) is 7.05 Å². The zero-order chi connectivity index (χ0) is 19.3. The summed E-state index contributed by atoms with van der Waals surface area (Å²) in [4.78, 5) is 9.90. The van der Waals surface area contributed by atoms with Gasteiger partial charge in [-0.15, -0.1) is 24.0 Å². The lowest BCUT2D eigenvalue weighted by molar-refractivity contribution is 0.629.